The van der Waals surface area contributed by atoms with Crippen molar-refractivity contribution < 1.29 is 4.74 Å². The molecular formula is C13H21NOS. The van der Waals surface area contributed by atoms with Gasteiger partial charge in [0.25, 0.3) is 0 Å². The van der Waals surface area contributed by atoms with Gasteiger partial charge in [-0.25, -0.2) is 0 Å². The van der Waals surface area contributed by atoms with Crippen molar-refractivity contribution in [3.63, 3.8) is 0 Å². The number of hydrogen-bond acceptors (Lipinski definition) is 3. The second kappa shape index (κ2) is 5.80. The predicted octanol–water partition coefficient (Wildman–Crippen LogP) is 3.49. The van der Waals surface area contributed by atoms with Gasteiger partial charge in [-0.2, -0.15) is 0 Å². The fraction of sp³-hybridized carbons (Fsp3) is 0.692. The first kappa shape index (κ1) is 12.1. The summed E-state index contributed by atoms with van der Waals surface area (Å²) in [6.07, 6.45) is 6.54. The third-order valence-electron chi connectivity index (χ3n) is 3.33. The van der Waals surface area contributed by atoms with Crippen LogP contribution < -0.4 is 5.73 Å². The van der Waals surface area contributed by atoms with Gasteiger partial charge in [0.15, 0.2) is 0 Å². The van der Waals surface area contributed by atoms with Crippen LogP contribution in [-0.4, -0.2) is 12.1 Å². The summed E-state index contributed by atoms with van der Waals surface area (Å²) < 4.78 is 6.19. The van der Waals surface area contributed by atoms with Crippen molar-refractivity contribution in [3.8, 4) is 0 Å². The summed E-state index contributed by atoms with van der Waals surface area (Å²) in [5.41, 5.74) is 6.17. The SMILES string of the molecule is CCC(N)C(OC1CCCC1)c1cccs1. The van der Waals surface area contributed by atoms with Crippen molar-refractivity contribution >= 4 is 11.3 Å². The van der Waals surface area contributed by atoms with Gasteiger partial charge in [-0.1, -0.05) is 25.8 Å². The van der Waals surface area contributed by atoms with E-state index in [0.29, 0.717) is 6.10 Å². The van der Waals surface area contributed by atoms with E-state index in [2.05, 4.69) is 24.4 Å². The lowest BCUT2D eigenvalue weighted by atomic mass is 10.1. The average Bonchev–Trinajstić information content (AvgIpc) is 2.97. The molecule has 1 aliphatic rings. The fourth-order valence-electron chi connectivity index (χ4n) is 2.28. The topological polar surface area (TPSA) is 35.2 Å². The molecule has 2 atom stereocenters. The van der Waals surface area contributed by atoms with Crippen molar-refractivity contribution in [2.45, 2.75) is 57.3 Å². The van der Waals surface area contributed by atoms with Crippen LogP contribution in [-0.2, 0) is 4.74 Å². The highest BCUT2D eigenvalue weighted by molar-refractivity contribution is 7.10. The quantitative estimate of drug-likeness (QED) is 0.853. The Bertz CT molecular complexity index is 293. The van der Waals surface area contributed by atoms with Crippen LogP contribution in [0.15, 0.2) is 17.5 Å². The van der Waals surface area contributed by atoms with Crippen LogP contribution in [0.5, 0.6) is 0 Å². The number of thiophene rings is 1. The van der Waals surface area contributed by atoms with E-state index in [-0.39, 0.29) is 12.1 Å². The van der Waals surface area contributed by atoms with Crippen LogP contribution in [0, 0.1) is 0 Å². The highest BCUT2D eigenvalue weighted by Crippen LogP contribution is 2.32. The third-order valence-corrected chi connectivity index (χ3v) is 4.26. The molecule has 0 radical (unpaired) electrons. The molecule has 0 aliphatic heterocycles. The molecule has 2 unspecified atom stereocenters. The van der Waals surface area contributed by atoms with Crippen LogP contribution >= 0.6 is 11.3 Å². The molecule has 1 fully saturated rings. The lowest BCUT2D eigenvalue weighted by molar-refractivity contribution is -0.0217. The van der Waals surface area contributed by atoms with Crippen molar-refractivity contribution in [2.75, 3.05) is 0 Å². The Kier molecular flexibility index (Phi) is 4.38. The first-order valence-electron chi connectivity index (χ1n) is 6.25. The van der Waals surface area contributed by atoms with Crippen LogP contribution in [0.1, 0.15) is 50.0 Å². The fourth-order valence-corrected chi connectivity index (χ4v) is 3.11. The average molecular weight is 239 g/mol. The molecule has 1 saturated carbocycles. The van der Waals surface area contributed by atoms with E-state index in [1.54, 1.807) is 11.3 Å². The molecule has 16 heavy (non-hydrogen) atoms. The van der Waals surface area contributed by atoms with Gasteiger partial charge in [0, 0.05) is 10.9 Å². The molecular weight excluding hydrogens is 218 g/mol. The summed E-state index contributed by atoms with van der Waals surface area (Å²) in [4.78, 5) is 1.28. The van der Waals surface area contributed by atoms with E-state index in [1.807, 2.05) is 0 Å². The van der Waals surface area contributed by atoms with Gasteiger partial charge in [0.1, 0.15) is 6.10 Å². The maximum Gasteiger partial charge on any atom is 0.107 e. The first-order chi connectivity index (χ1) is 7.81. The van der Waals surface area contributed by atoms with Crippen molar-refractivity contribution in [3.05, 3.63) is 22.4 Å². The Balaban J connectivity index is 2.02. The summed E-state index contributed by atoms with van der Waals surface area (Å²) in [6.45, 7) is 2.13. The standard InChI is InChI=1S/C13H21NOS/c1-2-11(14)13(12-8-5-9-16-12)15-10-6-3-4-7-10/h5,8-11,13H,2-4,6-7,14H2,1H3. The summed E-state index contributed by atoms with van der Waals surface area (Å²) in [5.74, 6) is 0. The Morgan fingerprint density at radius 1 is 1.50 bits per heavy atom. The Morgan fingerprint density at radius 2 is 2.25 bits per heavy atom. The molecule has 0 amide bonds. The zero-order valence-corrected chi connectivity index (χ0v) is 10.7. The summed E-state index contributed by atoms with van der Waals surface area (Å²) >= 11 is 1.75. The molecule has 0 spiro atoms. The van der Waals surface area contributed by atoms with E-state index in [9.17, 15) is 0 Å². The van der Waals surface area contributed by atoms with E-state index in [4.69, 9.17) is 10.5 Å². The van der Waals surface area contributed by atoms with Gasteiger partial charge in [0.05, 0.1) is 6.10 Å². The Morgan fingerprint density at radius 3 is 2.81 bits per heavy atom. The minimum absolute atomic E-state index is 0.105. The molecule has 0 saturated heterocycles. The summed E-state index contributed by atoms with van der Waals surface area (Å²) in [7, 11) is 0. The maximum absolute atomic E-state index is 6.19. The smallest absolute Gasteiger partial charge is 0.107 e. The lowest BCUT2D eigenvalue weighted by Crippen LogP contribution is -2.31. The molecule has 2 rings (SSSR count). The molecule has 0 bridgehead atoms. The van der Waals surface area contributed by atoms with Crippen LogP contribution in [0.25, 0.3) is 0 Å². The highest BCUT2D eigenvalue weighted by atomic mass is 32.1. The highest BCUT2D eigenvalue weighted by Gasteiger charge is 2.26. The van der Waals surface area contributed by atoms with E-state index < -0.39 is 0 Å². The monoisotopic (exact) mass is 239 g/mol. The molecule has 1 aromatic rings. The second-order valence-corrected chi connectivity index (χ2v) is 5.53. The van der Waals surface area contributed by atoms with E-state index in [0.717, 1.165) is 6.42 Å². The number of hydrogen-bond donors (Lipinski definition) is 1. The molecule has 3 heteroatoms. The van der Waals surface area contributed by atoms with Crippen LogP contribution in [0.3, 0.4) is 0 Å². The summed E-state index contributed by atoms with van der Waals surface area (Å²) in [6, 6.07) is 4.34. The number of ether oxygens (including phenoxy) is 1. The Hall–Kier alpha value is -0.380. The zero-order chi connectivity index (χ0) is 11.4. The third kappa shape index (κ3) is 2.84. The minimum Gasteiger partial charge on any atom is -0.368 e. The van der Waals surface area contributed by atoms with Gasteiger partial charge in [0.2, 0.25) is 0 Å². The summed E-state index contributed by atoms with van der Waals surface area (Å²) in [5, 5.41) is 2.10. The van der Waals surface area contributed by atoms with Gasteiger partial charge >= 0.3 is 0 Å². The molecule has 90 valence electrons. The molecule has 0 aromatic carbocycles. The predicted molar refractivity (Wildman–Crippen MR) is 68.7 cm³/mol. The molecule has 1 aromatic heterocycles. The molecule has 2 N–H and O–H groups in total. The van der Waals surface area contributed by atoms with Gasteiger partial charge < -0.3 is 10.5 Å². The van der Waals surface area contributed by atoms with E-state index in [1.165, 1.54) is 30.6 Å². The maximum atomic E-state index is 6.19. The van der Waals surface area contributed by atoms with Crippen LogP contribution in [0.2, 0.25) is 0 Å². The first-order valence-corrected chi connectivity index (χ1v) is 7.13. The molecule has 1 heterocycles. The number of rotatable bonds is 5. The van der Waals surface area contributed by atoms with E-state index >= 15 is 0 Å². The normalized spacial score (nSPS) is 21.1. The number of nitrogens with two attached hydrogens (primary N) is 1. The zero-order valence-electron chi connectivity index (χ0n) is 9.89. The van der Waals surface area contributed by atoms with Crippen molar-refractivity contribution in [1.29, 1.82) is 0 Å². The molecule has 2 nitrogen and oxygen atoms in total. The second-order valence-electron chi connectivity index (χ2n) is 4.55. The largest absolute Gasteiger partial charge is 0.368 e. The van der Waals surface area contributed by atoms with Gasteiger partial charge in [-0.3, -0.25) is 0 Å². The Labute approximate surface area is 102 Å². The van der Waals surface area contributed by atoms with Crippen LogP contribution in [0.4, 0.5) is 0 Å². The van der Waals surface area contributed by atoms with Crippen molar-refractivity contribution in [2.24, 2.45) is 5.73 Å². The molecule has 1 aliphatic carbocycles. The lowest BCUT2D eigenvalue weighted by Gasteiger charge is -2.25. The van der Waals surface area contributed by atoms with Gasteiger partial charge in [-0.15, -0.1) is 11.3 Å². The minimum atomic E-state index is 0.105. The van der Waals surface area contributed by atoms with Crippen molar-refractivity contribution in [1.82, 2.24) is 0 Å². The van der Waals surface area contributed by atoms with Gasteiger partial charge in [-0.05, 0) is 30.7 Å².